The molecule has 0 unspecified atom stereocenters. The van der Waals surface area contributed by atoms with Crippen LogP contribution in [0.1, 0.15) is 12.5 Å². The van der Waals surface area contributed by atoms with Gasteiger partial charge in [-0.1, -0.05) is 30.3 Å². The third kappa shape index (κ3) is 4.04. The number of benzene rings is 1. The van der Waals surface area contributed by atoms with Gasteiger partial charge in [-0.15, -0.1) is 11.8 Å². The Morgan fingerprint density at radius 1 is 1.38 bits per heavy atom. The maximum atomic E-state index is 5.51. The summed E-state index contributed by atoms with van der Waals surface area (Å²) in [7, 11) is 0. The lowest BCUT2D eigenvalue weighted by Crippen LogP contribution is -1.89. The maximum absolute atomic E-state index is 5.51. The highest BCUT2D eigenvalue weighted by Crippen LogP contribution is 2.08. The van der Waals surface area contributed by atoms with E-state index in [1.54, 1.807) is 11.8 Å². The topological polar surface area (TPSA) is 9.23 Å². The molecule has 1 nitrogen and oxygen atoms in total. The first-order valence-corrected chi connectivity index (χ1v) is 5.48. The van der Waals surface area contributed by atoms with E-state index in [2.05, 4.69) is 12.1 Å². The molecule has 0 bridgehead atoms. The minimum absolute atomic E-state index is 0.656. The number of hydrogen-bond acceptors (Lipinski definition) is 2. The summed E-state index contributed by atoms with van der Waals surface area (Å²) >= 11 is 1.66. The largest absolute Gasteiger partial charge is 0.493 e. The van der Waals surface area contributed by atoms with E-state index in [-0.39, 0.29) is 0 Å². The van der Waals surface area contributed by atoms with Crippen LogP contribution in [0.25, 0.3) is 0 Å². The third-order valence-electron chi connectivity index (χ3n) is 1.59. The van der Waals surface area contributed by atoms with E-state index in [0.29, 0.717) is 6.61 Å². The van der Waals surface area contributed by atoms with Gasteiger partial charge in [0.25, 0.3) is 0 Å². The molecule has 1 aromatic rings. The van der Waals surface area contributed by atoms with Crippen LogP contribution in [0.5, 0.6) is 0 Å². The number of allylic oxidation sites excluding steroid dienone is 1. The van der Waals surface area contributed by atoms with Crippen molar-refractivity contribution in [3.8, 4) is 0 Å². The summed E-state index contributed by atoms with van der Waals surface area (Å²) in [6, 6.07) is 10.2. The van der Waals surface area contributed by atoms with Gasteiger partial charge < -0.3 is 4.74 Å². The second-order valence-electron chi connectivity index (χ2n) is 2.74. The molecule has 0 amide bonds. The molecule has 0 N–H and O–H groups in total. The van der Waals surface area contributed by atoms with Gasteiger partial charge >= 0.3 is 0 Å². The van der Waals surface area contributed by atoms with Crippen molar-refractivity contribution in [1.82, 2.24) is 0 Å². The summed E-state index contributed by atoms with van der Waals surface area (Å²) < 4.78 is 5.51. The molecule has 0 spiro atoms. The number of thioether (sulfide) groups is 1. The van der Waals surface area contributed by atoms with Gasteiger partial charge in [-0.3, -0.25) is 0 Å². The molecule has 0 saturated heterocycles. The van der Waals surface area contributed by atoms with E-state index in [4.69, 9.17) is 4.74 Å². The Labute approximate surface area is 83.8 Å². The lowest BCUT2D eigenvalue weighted by Gasteiger charge is -2.05. The highest BCUT2D eigenvalue weighted by Gasteiger charge is 1.91. The lowest BCUT2D eigenvalue weighted by atomic mass is 10.2. The molecule has 0 saturated carbocycles. The van der Waals surface area contributed by atoms with E-state index in [1.807, 2.05) is 36.8 Å². The Bertz CT molecular complexity index is 267. The molecule has 0 fully saturated rings. The minimum atomic E-state index is 0.656. The first-order chi connectivity index (χ1) is 6.33. The fourth-order valence-corrected chi connectivity index (χ4v) is 1.37. The first kappa shape index (κ1) is 10.2. The quantitative estimate of drug-likeness (QED) is 0.679. The van der Waals surface area contributed by atoms with Crippen molar-refractivity contribution in [3.63, 3.8) is 0 Å². The van der Waals surface area contributed by atoms with Gasteiger partial charge in [-0.25, -0.2) is 0 Å². The molecule has 0 aliphatic heterocycles. The average Bonchev–Trinajstić information content (AvgIpc) is 2.17. The molecule has 0 aliphatic rings. The predicted molar refractivity (Wildman–Crippen MR) is 58.5 cm³/mol. The summed E-state index contributed by atoms with van der Waals surface area (Å²) in [5.41, 5.74) is 1.20. The molecule has 0 heterocycles. The molecule has 1 rings (SSSR count). The summed E-state index contributed by atoms with van der Waals surface area (Å²) in [6.07, 6.45) is 2.02. The highest BCUT2D eigenvalue weighted by atomic mass is 32.2. The van der Waals surface area contributed by atoms with E-state index in [1.165, 1.54) is 5.56 Å². The smallest absolute Gasteiger partial charge is 0.113 e. The minimum Gasteiger partial charge on any atom is -0.493 e. The summed E-state index contributed by atoms with van der Waals surface area (Å²) in [6.45, 7) is 2.63. The monoisotopic (exact) mass is 194 g/mol. The molecule has 1 aromatic carbocycles. The Hall–Kier alpha value is -0.890. The fraction of sp³-hybridized carbons (Fsp3) is 0.273. The average molecular weight is 194 g/mol. The van der Waals surface area contributed by atoms with Crippen molar-refractivity contribution in [2.75, 3.05) is 6.26 Å². The Morgan fingerprint density at radius 3 is 2.69 bits per heavy atom. The van der Waals surface area contributed by atoms with E-state index in [0.717, 1.165) is 5.76 Å². The maximum Gasteiger partial charge on any atom is 0.113 e. The van der Waals surface area contributed by atoms with Crippen molar-refractivity contribution < 1.29 is 4.74 Å². The second-order valence-corrected chi connectivity index (χ2v) is 3.45. The zero-order valence-corrected chi connectivity index (χ0v) is 8.80. The first-order valence-electron chi connectivity index (χ1n) is 4.19. The second kappa shape index (κ2) is 5.70. The summed E-state index contributed by atoms with van der Waals surface area (Å²) in [4.78, 5) is 0. The van der Waals surface area contributed by atoms with Crippen LogP contribution in [0.15, 0.2) is 41.5 Å². The number of hydrogen-bond donors (Lipinski definition) is 0. The van der Waals surface area contributed by atoms with Crippen molar-refractivity contribution >= 4 is 11.8 Å². The van der Waals surface area contributed by atoms with E-state index >= 15 is 0 Å². The molecule has 70 valence electrons. The van der Waals surface area contributed by atoms with Gasteiger partial charge in [0, 0.05) is 5.41 Å². The van der Waals surface area contributed by atoms with Crippen molar-refractivity contribution in [2.24, 2.45) is 0 Å². The predicted octanol–water partition coefficient (Wildman–Crippen LogP) is 3.43. The Balaban J connectivity index is 2.39. The Kier molecular flexibility index (Phi) is 4.47. The van der Waals surface area contributed by atoms with Crippen LogP contribution in [0.3, 0.4) is 0 Å². The molecular formula is C11H14OS. The highest BCUT2D eigenvalue weighted by molar-refractivity contribution is 8.01. The fourth-order valence-electron chi connectivity index (χ4n) is 0.971. The molecule has 0 radical (unpaired) electrons. The molecule has 0 aromatic heterocycles. The van der Waals surface area contributed by atoms with Crippen LogP contribution in [-0.2, 0) is 11.3 Å². The van der Waals surface area contributed by atoms with Gasteiger partial charge in [-0.05, 0) is 18.7 Å². The van der Waals surface area contributed by atoms with Crippen LogP contribution in [0.2, 0.25) is 0 Å². The van der Waals surface area contributed by atoms with Gasteiger partial charge in [0.2, 0.25) is 0 Å². The molecule has 0 aliphatic carbocycles. The van der Waals surface area contributed by atoms with Crippen molar-refractivity contribution in [1.29, 1.82) is 0 Å². The molecule has 13 heavy (non-hydrogen) atoms. The third-order valence-corrected chi connectivity index (χ3v) is 2.16. The molecule has 0 atom stereocenters. The van der Waals surface area contributed by atoms with Crippen molar-refractivity contribution in [2.45, 2.75) is 13.5 Å². The van der Waals surface area contributed by atoms with E-state index in [9.17, 15) is 0 Å². The van der Waals surface area contributed by atoms with Crippen LogP contribution >= 0.6 is 11.8 Å². The lowest BCUT2D eigenvalue weighted by molar-refractivity contribution is 0.201. The van der Waals surface area contributed by atoms with Crippen LogP contribution in [-0.4, -0.2) is 6.26 Å². The van der Waals surface area contributed by atoms with Crippen LogP contribution < -0.4 is 0 Å². The van der Waals surface area contributed by atoms with Crippen molar-refractivity contribution in [3.05, 3.63) is 47.1 Å². The van der Waals surface area contributed by atoms with Gasteiger partial charge in [0.1, 0.15) is 6.61 Å². The molecule has 2 heteroatoms. The normalized spacial score (nSPS) is 11.4. The van der Waals surface area contributed by atoms with E-state index < -0.39 is 0 Å². The summed E-state index contributed by atoms with van der Waals surface area (Å²) in [5.74, 6) is 0.969. The molecular weight excluding hydrogens is 180 g/mol. The SMILES string of the molecule is CS/C=C(/C)OCc1ccccc1. The van der Waals surface area contributed by atoms with Crippen LogP contribution in [0.4, 0.5) is 0 Å². The zero-order chi connectivity index (χ0) is 9.52. The summed E-state index contributed by atoms with van der Waals surface area (Å²) in [5, 5.41) is 2.00. The van der Waals surface area contributed by atoms with Gasteiger partial charge in [0.05, 0.1) is 5.76 Å². The number of ether oxygens (including phenoxy) is 1. The standard InChI is InChI=1S/C11H14OS/c1-10(9-13-2)12-8-11-6-4-3-5-7-11/h3-7,9H,8H2,1-2H3/b10-9-. The Morgan fingerprint density at radius 2 is 2.08 bits per heavy atom. The zero-order valence-electron chi connectivity index (χ0n) is 7.99. The van der Waals surface area contributed by atoms with Crippen LogP contribution in [0, 0.1) is 0 Å². The van der Waals surface area contributed by atoms with Gasteiger partial charge in [-0.2, -0.15) is 0 Å². The number of rotatable bonds is 4. The van der Waals surface area contributed by atoms with Gasteiger partial charge in [0.15, 0.2) is 0 Å².